The summed E-state index contributed by atoms with van der Waals surface area (Å²) < 4.78 is 38.9. The van der Waals surface area contributed by atoms with E-state index in [1.807, 2.05) is 13.0 Å². The van der Waals surface area contributed by atoms with Gasteiger partial charge in [0.05, 0.1) is 12.8 Å². The van der Waals surface area contributed by atoms with Gasteiger partial charge in [0.15, 0.2) is 5.96 Å². The largest absolute Gasteiger partial charge is 0.357 e. The maximum absolute atomic E-state index is 13.6. The molecule has 6 nitrogen and oxygen atoms in total. The first-order chi connectivity index (χ1) is 11.0. The molecule has 0 aliphatic carbocycles. The first-order valence-corrected chi connectivity index (χ1v) is 9.68. The van der Waals surface area contributed by atoms with Crippen molar-refractivity contribution in [3.05, 3.63) is 35.1 Å². The van der Waals surface area contributed by atoms with Crippen LogP contribution in [-0.2, 0) is 16.6 Å². The summed E-state index contributed by atoms with van der Waals surface area (Å²) in [6, 6.07) is 5.03. The summed E-state index contributed by atoms with van der Waals surface area (Å²) >= 11 is 0. The molecule has 0 bridgehead atoms. The van der Waals surface area contributed by atoms with Gasteiger partial charge in [-0.15, -0.1) is 24.0 Å². The molecule has 0 spiro atoms. The molecule has 0 heterocycles. The molecule has 0 saturated heterocycles. The van der Waals surface area contributed by atoms with Crippen molar-refractivity contribution >= 4 is 40.0 Å². The first kappa shape index (κ1) is 24.1. The fourth-order valence-corrected chi connectivity index (χ4v) is 3.17. The number of nitrogens with zero attached hydrogens (tertiary/aromatic N) is 1. The number of halogens is 2. The Bertz CT molecular complexity index is 693. The predicted molar refractivity (Wildman–Crippen MR) is 111 cm³/mol. The summed E-state index contributed by atoms with van der Waals surface area (Å²) in [5, 5.41) is 6.18. The average Bonchev–Trinajstić information content (AvgIpc) is 2.43. The molecule has 25 heavy (non-hydrogen) atoms. The molecule has 0 saturated carbocycles. The molecule has 0 aromatic heterocycles. The van der Waals surface area contributed by atoms with Gasteiger partial charge in [0, 0.05) is 18.6 Å². The number of aliphatic imine (C=N–C) groups is 1. The maximum atomic E-state index is 13.6. The lowest BCUT2D eigenvalue weighted by molar-refractivity contribution is 0.446. The minimum absolute atomic E-state index is 0. The third kappa shape index (κ3) is 9.95. The number of hydrogen-bond acceptors (Lipinski definition) is 3. The molecule has 0 amide bonds. The molecule has 3 N–H and O–H groups in total. The Balaban J connectivity index is 0.00000576. The minimum atomic E-state index is -3.30. The number of aryl methyl sites for hydroxylation is 1. The van der Waals surface area contributed by atoms with Crippen LogP contribution in [0.15, 0.2) is 23.2 Å². The number of guanidine groups is 1. The van der Waals surface area contributed by atoms with Crippen molar-refractivity contribution in [3.63, 3.8) is 0 Å². The van der Waals surface area contributed by atoms with E-state index >= 15 is 0 Å². The lowest BCUT2D eigenvalue weighted by atomic mass is 10.1. The SMILES string of the molecule is CCNC(=NCc1ccc(C)c(F)c1)NCC(C)(C)NS(C)(=O)=O.I. The van der Waals surface area contributed by atoms with Gasteiger partial charge in [-0.2, -0.15) is 0 Å². The van der Waals surface area contributed by atoms with Gasteiger partial charge >= 0.3 is 0 Å². The molecule has 0 radical (unpaired) electrons. The van der Waals surface area contributed by atoms with Crippen LogP contribution < -0.4 is 15.4 Å². The third-order valence-corrected chi connectivity index (χ3v) is 4.08. The van der Waals surface area contributed by atoms with E-state index in [1.54, 1.807) is 26.8 Å². The Kier molecular flexibility index (Phi) is 9.88. The highest BCUT2D eigenvalue weighted by atomic mass is 127. The van der Waals surface area contributed by atoms with Crippen LogP contribution in [0.3, 0.4) is 0 Å². The minimum Gasteiger partial charge on any atom is -0.357 e. The molecule has 1 aromatic rings. The van der Waals surface area contributed by atoms with Crippen LogP contribution in [0.1, 0.15) is 31.9 Å². The highest BCUT2D eigenvalue weighted by Gasteiger charge is 2.22. The second kappa shape index (κ2) is 10.3. The van der Waals surface area contributed by atoms with Crippen molar-refractivity contribution in [2.75, 3.05) is 19.3 Å². The van der Waals surface area contributed by atoms with Gasteiger partial charge < -0.3 is 10.6 Å². The monoisotopic (exact) mass is 486 g/mol. The molecular formula is C16H28FIN4O2S. The standard InChI is InChI=1S/C16H27FN4O2S.HI/c1-6-18-15(20-11-16(3,4)21-24(5,22)23)19-10-13-8-7-12(2)14(17)9-13;/h7-9,21H,6,10-11H2,1-5H3,(H2,18,19,20);1H. The molecule has 0 atom stereocenters. The Labute approximate surface area is 167 Å². The Morgan fingerprint density at radius 3 is 2.44 bits per heavy atom. The van der Waals surface area contributed by atoms with Crippen LogP contribution in [0, 0.1) is 12.7 Å². The molecule has 1 aromatic carbocycles. The smallest absolute Gasteiger partial charge is 0.209 e. The van der Waals surface area contributed by atoms with E-state index in [1.165, 1.54) is 6.07 Å². The third-order valence-electron chi connectivity index (χ3n) is 3.16. The van der Waals surface area contributed by atoms with Gasteiger partial charge in [-0.1, -0.05) is 12.1 Å². The number of nitrogens with one attached hydrogen (secondary N) is 3. The number of benzene rings is 1. The fourth-order valence-electron chi connectivity index (χ4n) is 2.09. The quantitative estimate of drug-likeness (QED) is 0.314. The van der Waals surface area contributed by atoms with Crippen molar-refractivity contribution in [3.8, 4) is 0 Å². The fraction of sp³-hybridized carbons (Fsp3) is 0.562. The van der Waals surface area contributed by atoms with E-state index in [2.05, 4.69) is 20.3 Å². The average molecular weight is 486 g/mol. The van der Waals surface area contributed by atoms with Crippen LogP contribution in [0.4, 0.5) is 4.39 Å². The normalized spacial score (nSPS) is 12.5. The van der Waals surface area contributed by atoms with Crippen LogP contribution in [-0.4, -0.2) is 39.3 Å². The second-order valence-electron chi connectivity index (χ2n) is 6.39. The van der Waals surface area contributed by atoms with Gasteiger partial charge in [0.2, 0.25) is 10.0 Å². The lowest BCUT2D eigenvalue weighted by Gasteiger charge is -2.26. The topological polar surface area (TPSA) is 82.6 Å². The van der Waals surface area contributed by atoms with Gasteiger partial charge in [0.25, 0.3) is 0 Å². The zero-order chi connectivity index (χ0) is 18.4. The van der Waals surface area contributed by atoms with Crippen molar-refractivity contribution in [1.82, 2.24) is 15.4 Å². The van der Waals surface area contributed by atoms with E-state index in [9.17, 15) is 12.8 Å². The van der Waals surface area contributed by atoms with Crippen LogP contribution in [0.5, 0.6) is 0 Å². The van der Waals surface area contributed by atoms with Crippen LogP contribution in [0.2, 0.25) is 0 Å². The van der Waals surface area contributed by atoms with Crippen LogP contribution in [0.25, 0.3) is 0 Å². The van der Waals surface area contributed by atoms with Gasteiger partial charge in [-0.3, -0.25) is 0 Å². The molecule has 0 fully saturated rings. The molecule has 0 unspecified atom stereocenters. The maximum Gasteiger partial charge on any atom is 0.209 e. The van der Waals surface area contributed by atoms with Crippen molar-refractivity contribution in [2.24, 2.45) is 4.99 Å². The van der Waals surface area contributed by atoms with Crippen molar-refractivity contribution < 1.29 is 12.8 Å². The van der Waals surface area contributed by atoms with Gasteiger partial charge in [-0.05, 0) is 44.9 Å². The lowest BCUT2D eigenvalue weighted by Crippen LogP contribution is -2.53. The Morgan fingerprint density at radius 2 is 1.92 bits per heavy atom. The summed E-state index contributed by atoms with van der Waals surface area (Å²) in [6.45, 7) is 8.54. The zero-order valence-corrected chi connectivity index (χ0v) is 18.5. The van der Waals surface area contributed by atoms with Gasteiger partial charge in [-0.25, -0.2) is 22.5 Å². The Morgan fingerprint density at radius 1 is 1.28 bits per heavy atom. The molecular weight excluding hydrogens is 458 g/mol. The number of rotatable bonds is 7. The molecule has 1 rings (SSSR count). The summed E-state index contributed by atoms with van der Waals surface area (Å²) in [7, 11) is -3.30. The summed E-state index contributed by atoms with van der Waals surface area (Å²) in [4.78, 5) is 4.40. The van der Waals surface area contributed by atoms with Crippen molar-refractivity contribution in [2.45, 2.75) is 39.8 Å². The van der Waals surface area contributed by atoms with Gasteiger partial charge in [0.1, 0.15) is 5.82 Å². The predicted octanol–water partition coefficient (Wildman–Crippen LogP) is 2.14. The summed E-state index contributed by atoms with van der Waals surface area (Å²) in [6.07, 6.45) is 1.12. The van der Waals surface area contributed by atoms with E-state index in [0.717, 1.165) is 11.8 Å². The highest BCUT2D eigenvalue weighted by Crippen LogP contribution is 2.10. The van der Waals surface area contributed by atoms with Crippen molar-refractivity contribution in [1.29, 1.82) is 0 Å². The van der Waals surface area contributed by atoms with E-state index in [0.29, 0.717) is 31.2 Å². The van der Waals surface area contributed by atoms with E-state index in [-0.39, 0.29) is 29.8 Å². The number of hydrogen-bond donors (Lipinski definition) is 3. The first-order valence-electron chi connectivity index (χ1n) is 7.78. The number of sulfonamides is 1. The molecule has 144 valence electrons. The second-order valence-corrected chi connectivity index (χ2v) is 8.14. The summed E-state index contributed by atoms with van der Waals surface area (Å²) in [5.41, 5.74) is 0.699. The molecule has 0 aliphatic rings. The zero-order valence-electron chi connectivity index (χ0n) is 15.3. The summed E-state index contributed by atoms with van der Waals surface area (Å²) in [5.74, 6) is 0.293. The van der Waals surface area contributed by atoms with Crippen LogP contribution >= 0.6 is 24.0 Å². The highest BCUT2D eigenvalue weighted by molar-refractivity contribution is 14.0. The molecule has 9 heteroatoms. The molecule has 0 aliphatic heterocycles. The Hall–Kier alpha value is -0.940. The van der Waals surface area contributed by atoms with E-state index in [4.69, 9.17) is 0 Å². The van der Waals surface area contributed by atoms with E-state index < -0.39 is 15.6 Å².